The van der Waals surface area contributed by atoms with Crippen LogP contribution in [0, 0.1) is 0 Å². The molecule has 1 heterocycles. The molecule has 0 radical (unpaired) electrons. The molecule has 6 nitrogen and oxygen atoms in total. The first-order valence-electron chi connectivity index (χ1n) is 4.18. The molecule has 0 N–H and O–H groups in total. The summed E-state index contributed by atoms with van der Waals surface area (Å²) < 4.78 is 14.6. The topological polar surface area (TPSA) is 63.0 Å². The average molecular weight is 203 g/mol. The van der Waals surface area contributed by atoms with Crippen LogP contribution in [0.3, 0.4) is 0 Å². The van der Waals surface area contributed by atoms with Gasteiger partial charge in [-0.3, -0.25) is 0 Å². The van der Waals surface area contributed by atoms with Crippen molar-refractivity contribution in [1.29, 1.82) is 0 Å². The van der Waals surface area contributed by atoms with Crippen LogP contribution < -0.4 is 4.74 Å². The smallest absolute Gasteiger partial charge is 0.256 e. The number of ether oxygens (including phenoxy) is 2. The van der Waals surface area contributed by atoms with E-state index in [1.165, 1.54) is 7.11 Å². The van der Waals surface area contributed by atoms with Crippen molar-refractivity contribution in [2.45, 2.75) is 13.5 Å². The van der Waals surface area contributed by atoms with Crippen molar-refractivity contribution in [3.8, 4) is 5.88 Å². The highest BCUT2D eigenvalue weighted by Crippen LogP contribution is 2.12. The zero-order valence-corrected chi connectivity index (χ0v) is 8.19. The number of methoxy groups -OCH3 is 1. The summed E-state index contributed by atoms with van der Waals surface area (Å²) in [4.78, 5) is 9.44. The van der Waals surface area contributed by atoms with Gasteiger partial charge in [0, 0.05) is 13.2 Å². The van der Waals surface area contributed by atoms with Gasteiger partial charge in [-0.05, 0) is 12.1 Å². The van der Waals surface area contributed by atoms with E-state index in [-0.39, 0.29) is 13.4 Å². The quantitative estimate of drug-likeness (QED) is 0.286. The lowest BCUT2D eigenvalue weighted by molar-refractivity contribution is -0.303. The minimum atomic E-state index is 0.137. The van der Waals surface area contributed by atoms with E-state index in [4.69, 9.17) is 18.9 Å². The van der Waals surface area contributed by atoms with Gasteiger partial charge in [-0.15, -0.1) is 0 Å². The standard InChI is InChI=1S/C8H13NO5/c1-3-12-13-5-7-4-8(9-14-7)11-6-10-2/h4H,3,5-6H2,1-2H3. The summed E-state index contributed by atoms with van der Waals surface area (Å²) in [5, 5.41) is 3.62. The van der Waals surface area contributed by atoms with Crippen LogP contribution in [0.25, 0.3) is 0 Å². The normalized spacial score (nSPS) is 10.4. The van der Waals surface area contributed by atoms with E-state index < -0.39 is 0 Å². The first-order valence-corrected chi connectivity index (χ1v) is 4.18. The third-order valence-corrected chi connectivity index (χ3v) is 1.26. The van der Waals surface area contributed by atoms with Crippen molar-refractivity contribution in [3.05, 3.63) is 11.8 Å². The molecule has 0 fully saturated rings. The van der Waals surface area contributed by atoms with Crippen LogP contribution in [0.5, 0.6) is 5.88 Å². The lowest BCUT2D eigenvalue weighted by Crippen LogP contribution is -1.98. The van der Waals surface area contributed by atoms with Gasteiger partial charge < -0.3 is 14.0 Å². The molecule has 0 amide bonds. The Morgan fingerprint density at radius 2 is 2.29 bits per heavy atom. The Balaban J connectivity index is 2.27. The summed E-state index contributed by atoms with van der Waals surface area (Å²) >= 11 is 0. The summed E-state index contributed by atoms with van der Waals surface area (Å²) in [6.45, 7) is 2.66. The summed E-state index contributed by atoms with van der Waals surface area (Å²) in [5.74, 6) is 0.895. The molecule has 0 aliphatic rings. The van der Waals surface area contributed by atoms with Crippen molar-refractivity contribution in [1.82, 2.24) is 5.16 Å². The van der Waals surface area contributed by atoms with E-state index in [0.29, 0.717) is 18.2 Å². The third-order valence-electron chi connectivity index (χ3n) is 1.26. The van der Waals surface area contributed by atoms with E-state index in [1.54, 1.807) is 6.07 Å². The summed E-state index contributed by atoms with van der Waals surface area (Å²) in [6.07, 6.45) is 0. The Bertz CT molecular complexity index is 250. The molecule has 0 aromatic carbocycles. The van der Waals surface area contributed by atoms with Crippen molar-refractivity contribution in [3.63, 3.8) is 0 Å². The van der Waals surface area contributed by atoms with Crippen LogP contribution in [-0.2, 0) is 21.1 Å². The molecular formula is C8H13NO5. The minimum absolute atomic E-state index is 0.137. The molecule has 1 aromatic heterocycles. The van der Waals surface area contributed by atoms with Gasteiger partial charge in [0.1, 0.15) is 6.61 Å². The Hall–Kier alpha value is -1.11. The third kappa shape index (κ3) is 3.73. The fraction of sp³-hybridized carbons (Fsp3) is 0.625. The molecule has 0 aliphatic heterocycles. The maximum atomic E-state index is 5.02. The Morgan fingerprint density at radius 1 is 1.43 bits per heavy atom. The second-order valence-electron chi connectivity index (χ2n) is 2.35. The molecule has 0 aliphatic carbocycles. The fourth-order valence-electron chi connectivity index (χ4n) is 0.732. The van der Waals surface area contributed by atoms with Gasteiger partial charge in [0.2, 0.25) is 0 Å². The molecule has 0 saturated heterocycles. The molecule has 6 heteroatoms. The molecule has 1 aromatic rings. The van der Waals surface area contributed by atoms with Crippen molar-refractivity contribution in [2.75, 3.05) is 20.5 Å². The molecular weight excluding hydrogens is 190 g/mol. The maximum Gasteiger partial charge on any atom is 0.256 e. The Morgan fingerprint density at radius 3 is 3.00 bits per heavy atom. The molecule has 80 valence electrons. The van der Waals surface area contributed by atoms with Gasteiger partial charge in [-0.1, -0.05) is 0 Å². The van der Waals surface area contributed by atoms with Crippen LogP contribution in [0.15, 0.2) is 10.6 Å². The van der Waals surface area contributed by atoms with Gasteiger partial charge in [0.15, 0.2) is 12.6 Å². The minimum Gasteiger partial charge on any atom is -0.448 e. The molecule has 0 atom stereocenters. The Kier molecular flexibility index (Phi) is 4.98. The molecule has 0 saturated carbocycles. The van der Waals surface area contributed by atoms with Crippen LogP contribution in [-0.4, -0.2) is 25.7 Å². The summed E-state index contributed by atoms with van der Waals surface area (Å²) in [5.41, 5.74) is 0. The van der Waals surface area contributed by atoms with E-state index in [9.17, 15) is 0 Å². The Labute approximate surface area is 81.6 Å². The van der Waals surface area contributed by atoms with Crippen LogP contribution in [0.1, 0.15) is 12.7 Å². The first kappa shape index (κ1) is 11.0. The van der Waals surface area contributed by atoms with E-state index in [0.717, 1.165) is 0 Å². The predicted octanol–water partition coefficient (Wildman–Crippen LogP) is 1.13. The number of hydrogen-bond acceptors (Lipinski definition) is 6. The highest BCUT2D eigenvalue weighted by atomic mass is 17.2. The SMILES string of the molecule is CCOOCc1cc(OCOC)no1. The molecule has 0 unspecified atom stereocenters. The van der Waals surface area contributed by atoms with Gasteiger partial charge in [-0.25, -0.2) is 9.78 Å². The lowest BCUT2D eigenvalue weighted by Gasteiger charge is -1.97. The van der Waals surface area contributed by atoms with Crippen LogP contribution in [0.4, 0.5) is 0 Å². The van der Waals surface area contributed by atoms with Gasteiger partial charge in [0.25, 0.3) is 5.88 Å². The highest BCUT2D eigenvalue weighted by molar-refractivity contribution is 5.09. The van der Waals surface area contributed by atoms with E-state index >= 15 is 0 Å². The molecule has 14 heavy (non-hydrogen) atoms. The monoisotopic (exact) mass is 203 g/mol. The molecule has 1 rings (SSSR count). The first-order chi connectivity index (χ1) is 6.86. The van der Waals surface area contributed by atoms with Crippen molar-refractivity contribution >= 4 is 0 Å². The van der Waals surface area contributed by atoms with Crippen LogP contribution >= 0.6 is 0 Å². The zero-order chi connectivity index (χ0) is 10.2. The van der Waals surface area contributed by atoms with Crippen molar-refractivity contribution < 1.29 is 23.8 Å². The van der Waals surface area contributed by atoms with Gasteiger partial charge in [-0.2, -0.15) is 0 Å². The zero-order valence-electron chi connectivity index (χ0n) is 8.19. The van der Waals surface area contributed by atoms with Gasteiger partial charge >= 0.3 is 0 Å². The second kappa shape index (κ2) is 6.36. The van der Waals surface area contributed by atoms with Crippen LogP contribution in [0.2, 0.25) is 0 Å². The number of nitrogens with zero attached hydrogens (tertiary/aromatic N) is 1. The summed E-state index contributed by atoms with van der Waals surface area (Å²) in [7, 11) is 1.53. The lowest BCUT2D eigenvalue weighted by atomic mass is 10.5. The second-order valence-corrected chi connectivity index (χ2v) is 2.35. The van der Waals surface area contributed by atoms with E-state index in [2.05, 4.69) is 10.0 Å². The largest absolute Gasteiger partial charge is 0.448 e. The fourth-order valence-corrected chi connectivity index (χ4v) is 0.732. The number of aromatic nitrogens is 1. The van der Waals surface area contributed by atoms with Gasteiger partial charge in [0.05, 0.1) is 6.61 Å². The van der Waals surface area contributed by atoms with E-state index in [1.807, 2.05) is 6.92 Å². The number of hydrogen-bond donors (Lipinski definition) is 0. The number of rotatable bonds is 7. The predicted molar refractivity (Wildman–Crippen MR) is 45.4 cm³/mol. The van der Waals surface area contributed by atoms with Crippen molar-refractivity contribution in [2.24, 2.45) is 0 Å². The maximum absolute atomic E-state index is 5.02. The molecule has 0 bridgehead atoms. The summed E-state index contributed by atoms with van der Waals surface area (Å²) in [6, 6.07) is 1.61. The highest BCUT2D eigenvalue weighted by Gasteiger charge is 2.04. The molecule has 0 spiro atoms. The average Bonchev–Trinajstić information content (AvgIpc) is 2.63.